The number of H-pyrrole nitrogens is 1. The Morgan fingerprint density at radius 3 is 2.44 bits per heavy atom. The number of amides is 2. The Morgan fingerprint density at radius 1 is 1.22 bits per heavy atom. The first kappa shape index (κ1) is 23.7. The molecule has 174 valence electrons. The number of nitrogens with zero attached hydrogens (tertiary/aromatic N) is 2. The predicted octanol–water partition coefficient (Wildman–Crippen LogP) is 4.49. The number of rotatable bonds is 6. The molecule has 0 aliphatic carbocycles. The number of carbonyl (C=O) groups is 2. The number of likely N-dealkylation sites (tertiary alicyclic amines) is 1. The molecule has 1 aromatic heterocycles. The van der Waals surface area contributed by atoms with Gasteiger partial charge in [-0.25, -0.2) is 18.6 Å². The van der Waals surface area contributed by atoms with Crippen LogP contribution in [0.3, 0.4) is 0 Å². The van der Waals surface area contributed by atoms with Gasteiger partial charge in [-0.3, -0.25) is 4.79 Å². The molecule has 2 atom stereocenters. The average Bonchev–Trinajstić information content (AvgIpc) is 3.35. The number of methoxy groups -OCH3 is 1. The van der Waals surface area contributed by atoms with Crippen LogP contribution in [-0.4, -0.2) is 52.5 Å². The van der Waals surface area contributed by atoms with Gasteiger partial charge in [-0.2, -0.15) is 0 Å². The van der Waals surface area contributed by atoms with E-state index in [0.29, 0.717) is 17.4 Å². The van der Waals surface area contributed by atoms with Crippen LogP contribution in [0.15, 0.2) is 30.5 Å². The number of imidazole rings is 1. The summed E-state index contributed by atoms with van der Waals surface area (Å²) in [4.78, 5) is 33.4. The summed E-state index contributed by atoms with van der Waals surface area (Å²) in [5, 5.41) is 2.46. The van der Waals surface area contributed by atoms with Gasteiger partial charge in [0, 0.05) is 6.42 Å². The van der Waals surface area contributed by atoms with Gasteiger partial charge in [0.1, 0.15) is 11.9 Å². The standard InChI is InChI=1S/C23H30F2N4O3/c1-13(2)15-6-8-16(9-7-15)17-11-26-20(27-17)18-10-23(24,25)12-29(18)21(30)19(14(3)4)28-22(31)32-5/h6-9,11,13-14,18-19H,10,12H2,1-5H3,(H,26,27)(H,28,31). The molecule has 2 aromatic rings. The minimum atomic E-state index is -3.06. The second-order valence-corrected chi connectivity index (χ2v) is 8.86. The number of nitrogens with one attached hydrogen (secondary N) is 2. The highest BCUT2D eigenvalue weighted by atomic mass is 19.3. The number of hydrogen-bond donors (Lipinski definition) is 2. The summed E-state index contributed by atoms with van der Waals surface area (Å²) >= 11 is 0. The minimum absolute atomic E-state index is 0.291. The minimum Gasteiger partial charge on any atom is -0.453 e. The summed E-state index contributed by atoms with van der Waals surface area (Å²) in [7, 11) is 1.18. The van der Waals surface area contributed by atoms with Crippen LogP contribution in [0.1, 0.15) is 57.5 Å². The van der Waals surface area contributed by atoms with Crippen molar-refractivity contribution < 1.29 is 23.1 Å². The van der Waals surface area contributed by atoms with Gasteiger partial charge in [0.2, 0.25) is 5.91 Å². The molecule has 2 unspecified atom stereocenters. The van der Waals surface area contributed by atoms with Crippen LogP contribution in [0.4, 0.5) is 13.6 Å². The van der Waals surface area contributed by atoms with Gasteiger partial charge in [-0.05, 0) is 23.0 Å². The van der Waals surface area contributed by atoms with Gasteiger partial charge >= 0.3 is 6.09 Å². The molecule has 2 N–H and O–H groups in total. The number of aromatic nitrogens is 2. The van der Waals surface area contributed by atoms with Crippen molar-refractivity contribution in [2.45, 2.75) is 58.0 Å². The predicted molar refractivity (Wildman–Crippen MR) is 116 cm³/mol. The molecule has 9 heteroatoms. The van der Waals surface area contributed by atoms with Crippen molar-refractivity contribution in [3.05, 3.63) is 41.9 Å². The summed E-state index contributed by atoms with van der Waals surface area (Å²) in [6.07, 6.45) is 0.261. The van der Waals surface area contributed by atoms with Crippen LogP contribution in [0, 0.1) is 5.92 Å². The Balaban J connectivity index is 1.87. The number of hydrogen-bond acceptors (Lipinski definition) is 4. The lowest BCUT2D eigenvalue weighted by Crippen LogP contribution is -2.51. The highest BCUT2D eigenvalue weighted by Gasteiger charge is 2.50. The molecular weight excluding hydrogens is 418 g/mol. The summed E-state index contributed by atoms with van der Waals surface area (Å²) in [6, 6.07) is 6.03. The van der Waals surface area contributed by atoms with Gasteiger partial charge in [0.15, 0.2) is 0 Å². The number of alkyl halides is 2. The molecular formula is C23H30F2N4O3. The molecule has 2 amide bonds. The molecule has 2 heterocycles. The molecule has 0 saturated carbocycles. The van der Waals surface area contributed by atoms with Crippen LogP contribution in [0.25, 0.3) is 11.3 Å². The largest absolute Gasteiger partial charge is 0.453 e. The molecule has 1 aliphatic rings. The van der Waals surface area contributed by atoms with Gasteiger partial charge in [0.25, 0.3) is 5.92 Å². The maximum absolute atomic E-state index is 14.4. The summed E-state index contributed by atoms with van der Waals surface area (Å²) in [5.41, 5.74) is 2.76. The summed E-state index contributed by atoms with van der Waals surface area (Å²) < 4.78 is 33.4. The molecule has 0 radical (unpaired) electrons. The topological polar surface area (TPSA) is 87.3 Å². The Labute approximate surface area is 186 Å². The number of halogens is 2. The van der Waals surface area contributed by atoms with Crippen molar-refractivity contribution in [2.24, 2.45) is 5.92 Å². The first-order chi connectivity index (χ1) is 15.0. The van der Waals surface area contributed by atoms with Gasteiger partial charge in [-0.1, -0.05) is 52.0 Å². The summed E-state index contributed by atoms with van der Waals surface area (Å²) in [5.74, 6) is -3.28. The van der Waals surface area contributed by atoms with Crippen LogP contribution >= 0.6 is 0 Å². The molecule has 1 fully saturated rings. The monoisotopic (exact) mass is 448 g/mol. The average molecular weight is 449 g/mol. The van der Waals surface area contributed by atoms with E-state index in [1.807, 2.05) is 24.3 Å². The quantitative estimate of drug-likeness (QED) is 0.682. The lowest BCUT2D eigenvalue weighted by atomic mass is 10.0. The zero-order valence-corrected chi connectivity index (χ0v) is 19.0. The SMILES string of the molecule is COC(=O)NC(C(=O)N1CC(F)(F)CC1c1ncc(-c2ccc(C(C)C)cc2)[nH]1)C(C)C. The van der Waals surface area contributed by atoms with E-state index in [-0.39, 0.29) is 5.92 Å². The molecule has 3 rings (SSSR count). The first-order valence-corrected chi connectivity index (χ1v) is 10.7. The maximum Gasteiger partial charge on any atom is 0.407 e. The van der Waals surface area contributed by atoms with Crippen molar-refractivity contribution in [3.63, 3.8) is 0 Å². The summed E-state index contributed by atoms with van der Waals surface area (Å²) in [6.45, 7) is 6.94. The third-order valence-electron chi connectivity index (χ3n) is 5.74. The highest BCUT2D eigenvalue weighted by Crippen LogP contribution is 2.41. The molecule has 1 aromatic carbocycles. The van der Waals surface area contributed by atoms with E-state index in [0.717, 1.165) is 10.5 Å². The fraction of sp³-hybridized carbons (Fsp3) is 0.522. The number of ether oxygens (including phenoxy) is 1. The lowest BCUT2D eigenvalue weighted by molar-refractivity contribution is -0.136. The van der Waals surface area contributed by atoms with Gasteiger partial charge in [0.05, 0.1) is 31.6 Å². The molecule has 7 nitrogen and oxygen atoms in total. The second kappa shape index (κ2) is 9.26. The van der Waals surface area contributed by atoms with E-state index in [1.54, 1.807) is 20.0 Å². The van der Waals surface area contributed by atoms with E-state index in [2.05, 4.69) is 33.9 Å². The van der Waals surface area contributed by atoms with E-state index in [4.69, 9.17) is 0 Å². The van der Waals surface area contributed by atoms with Crippen LogP contribution in [0.2, 0.25) is 0 Å². The van der Waals surface area contributed by atoms with Crippen LogP contribution in [-0.2, 0) is 9.53 Å². The van der Waals surface area contributed by atoms with Gasteiger partial charge < -0.3 is 19.9 Å². The van der Waals surface area contributed by atoms with Gasteiger partial charge in [-0.15, -0.1) is 0 Å². The zero-order valence-electron chi connectivity index (χ0n) is 19.0. The number of alkyl carbamates (subject to hydrolysis) is 1. The number of carbonyl (C=O) groups excluding carboxylic acids is 2. The molecule has 32 heavy (non-hydrogen) atoms. The van der Waals surface area contributed by atoms with Crippen molar-refractivity contribution >= 4 is 12.0 Å². The molecule has 1 aliphatic heterocycles. The van der Waals surface area contributed by atoms with Crippen molar-refractivity contribution in [3.8, 4) is 11.3 Å². The van der Waals surface area contributed by atoms with Crippen LogP contribution in [0.5, 0.6) is 0 Å². The highest BCUT2D eigenvalue weighted by molar-refractivity contribution is 5.86. The Morgan fingerprint density at radius 2 is 1.88 bits per heavy atom. The molecule has 1 saturated heterocycles. The molecule has 0 spiro atoms. The Hall–Kier alpha value is -2.97. The molecule has 0 bridgehead atoms. The number of aromatic amines is 1. The third-order valence-corrected chi connectivity index (χ3v) is 5.74. The number of benzene rings is 1. The van der Waals surface area contributed by atoms with E-state index < -0.39 is 43.0 Å². The Bertz CT molecular complexity index is 956. The van der Waals surface area contributed by atoms with Crippen LogP contribution < -0.4 is 5.32 Å². The van der Waals surface area contributed by atoms with Crippen molar-refractivity contribution in [1.82, 2.24) is 20.2 Å². The Kier molecular flexibility index (Phi) is 6.85. The third kappa shape index (κ3) is 5.08. The van der Waals surface area contributed by atoms with E-state index in [1.165, 1.54) is 12.7 Å². The maximum atomic E-state index is 14.4. The van der Waals surface area contributed by atoms with E-state index >= 15 is 0 Å². The first-order valence-electron chi connectivity index (χ1n) is 10.7. The smallest absolute Gasteiger partial charge is 0.407 e. The van der Waals surface area contributed by atoms with Crippen molar-refractivity contribution in [2.75, 3.05) is 13.7 Å². The normalized spacial score (nSPS) is 18.8. The lowest BCUT2D eigenvalue weighted by Gasteiger charge is -2.29. The second-order valence-electron chi connectivity index (χ2n) is 8.86. The fourth-order valence-corrected chi connectivity index (χ4v) is 3.87. The fourth-order valence-electron chi connectivity index (χ4n) is 3.87. The van der Waals surface area contributed by atoms with Crippen molar-refractivity contribution in [1.29, 1.82) is 0 Å². The van der Waals surface area contributed by atoms with E-state index in [9.17, 15) is 18.4 Å². The zero-order chi connectivity index (χ0) is 23.6.